The molecule has 0 saturated carbocycles. The molecule has 2 aromatic carbocycles. The van der Waals surface area contributed by atoms with Gasteiger partial charge < -0.3 is 15.2 Å². The van der Waals surface area contributed by atoms with Gasteiger partial charge in [-0.3, -0.25) is 4.79 Å². The van der Waals surface area contributed by atoms with Gasteiger partial charge in [0.15, 0.2) is 5.82 Å². The molecule has 0 aliphatic carbocycles. The third kappa shape index (κ3) is 5.50. The summed E-state index contributed by atoms with van der Waals surface area (Å²) >= 11 is 6.01. The molecular weight excluding hydrogens is 449 g/mol. The molecule has 3 aromatic rings. The first-order valence-corrected chi connectivity index (χ1v) is 8.94. The van der Waals surface area contributed by atoms with Crippen molar-refractivity contribution >= 4 is 17.3 Å². The quantitative estimate of drug-likeness (QED) is 0.538. The summed E-state index contributed by atoms with van der Waals surface area (Å²) in [6, 6.07) is 7.13. The summed E-state index contributed by atoms with van der Waals surface area (Å²) in [4.78, 5) is 12.4. The fourth-order valence-electron chi connectivity index (χ4n) is 2.60. The summed E-state index contributed by atoms with van der Waals surface area (Å²) < 4.78 is 67.9. The minimum atomic E-state index is -4.83. The van der Waals surface area contributed by atoms with Crippen LogP contribution in [0.1, 0.15) is 11.7 Å². The Kier molecular flexibility index (Phi) is 6.46. The highest BCUT2D eigenvalue weighted by Gasteiger charge is 2.31. The number of alkyl halides is 3. The Bertz CT molecular complexity index is 1140. The van der Waals surface area contributed by atoms with Gasteiger partial charge in [-0.1, -0.05) is 23.7 Å². The Morgan fingerprint density at radius 1 is 1.16 bits per heavy atom. The second kappa shape index (κ2) is 8.90. The van der Waals surface area contributed by atoms with E-state index in [1.54, 1.807) is 0 Å². The number of nitrogens with one attached hydrogen (secondary N) is 1. The van der Waals surface area contributed by atoms with E-state index >= 15 is 0 Å². The summed E-state index contributed by atoms with van der Waals surface area (Å²) in [7, 11) is 0. The number of rotatable bonds is 6. The molecule has 0 amide bonds. The van der Waals surface area contributed by atoms with Crippen molar-refractivity contribution in [1.82, 2.24) is 9.78 Å². The topological polar surface area (TPSA) is 76.4 Å². The standard InChI is InChI=1S/C19H13ClF5N3O3/c20-17-14(8-27-28(18(17)30)15-6-3-11(21)7-13(15)22)26-9-16(29)10-1-4-12(5-2-10)31-19(23,24)25/h1-8,16,26,29H,9H2. The van der Waals surface area contributed by atoms with E-state index < -0.39 is 35.4 Å². The number of anilines is 1. The number of aliphatic hydroxyl groups is 1. The largest absolute Gasteiger partial charge is 0.573 e. The molecule has 1 aromatic heterocycles. The summed E-state index contributed by atoms with van der Waals surface area (Å²) in [5.74, 6) is -2.29. The smallest absolute Gasteiger partial charge is 0.406 e. The fraction of sp³-hybridized carbons (Fsp3) is 0.158. The predicted octanol–water partition coefficient (Wildman–Crippen LogP) is 4.21. The first-order valence-electron chi connectivity index (χ1n) is 8.56. The van der Waals surface area contributed by atoms with Gasteiger partial charge in [-0.2, -0.15) is 9.78 Å². The SMILES string of the molecule is O=c1c(Cl)c(NCC(O)c2ccc(OC(F)(F)F)cc2)cnn1-c1ccc(F)cc1F. The molecule has 0 fully saturated rings. The molecule has 1 atom stereocenters. The van der Waals surface area contributed by atoms with Gasteiger partial charge in [0.25, 0.3) is 5.56 Å². The van der Waals surface area contributed by atoms with Crippen LogP contribution >= 0.6 is 11.6 Å². The monoisotopic (exact) mass is 461 g/mol. The zero-order chi connectivity index (χ0) is 22.8. The Labute approximate surface area is 176 Å². The van der Waals surface area contributed by atoms with Crippen molar-refractivity contribution in [3.8, 4) is 11.4 Å². The van der Waals surface area contributed by atoms with Crippen molar-refractivity contribution in [2.45, 2.75) is 12.5 Å². The van der Waals surface area contributed by atoms with Gasteiger partial charge in [0, 0.05) is 12.6 Å². The van der Waals surface area contributed by atoms with E-state index in [-0.39, 0.29) is 28.5 Å². The average Bonchev–Trinajstić information content (AvgIpc) is 2.69. The number of nitrogens with zero attached hydrogens (tertiary/aromatic N) is 2. The second-order valence-corrected chi connectivity index (χ2v) is 6.58. The van der Waals surface area contributed by atoms with Gasteiger partial charge >= 0.3 is 6.36 Å². The molecular formula is C19H13ClF5N3O3. The number of hydrogen-bond donors (Lipinski definition) is 2. The van der Waals surface area contributed by atoms with Crippen LogP contribution in [0.4, 0.5) is 27.6 Å². The maximum Gasteiger partial charge on any atom is 0.573 e. The Morgan fingerprint density at radius 2 is 1.84 bits per heavy atom. The van der Waals surface area contributed by atoms with Crippen molar-refractivity contribution < 1.29 is 31.8 Å². The van der Waals surface area contributed by atoms with Crippen LogP contribution in [-0.4, -0.2) is 27.8 Å². The minimum absolute atomic E-state index is 0.0292. The van der Waals surface area contributed by atoms with Crippen LogP contribution in [0.15, 0.2) is 53.5 Å². The first-order chi connectivity index (χ1) is 14.5. The van der Waals surface area contributed by atoms with Gasteiger partial charge in [0.1, 0.15) is 22.3 Å². The Morgan fingerprint density at radius 3 is 2.45 bits per heavy atom. The molecule has 1 unspecified atom stereocenters. The van der Waals surface area contributed by atoms with Gasteiger partial charge in [0.05, 0.1) is 18.0 Å². The molecule has 0 radical (unpaired) electrons. The number of aromatic nitrogens is 2. The lowest BCUT2D eigenvalue weighted by molar-refractivity contribution is -0.274. The number of aliphatic hydroxyl groups excluding tert-OH is 1. The molecule has 0 aliphatic rings. The highest BCUT2D eigenvalue weighted by Crippen LogP contribution is 2.25. The van der Waals surface area contributed by atoms with Crippen LogP contribution in [0.5, 0.6) is 5.75 Å². The number of hydrogen-bond acceptors (Lipinski definition) is 5. The maximum absolute atomic E-state index is 13.9. The summed E-state index contributed by atoms with van der Waals surface area (Å²) in [6.07, 6.45) is -4.89. The van der Waals surface area contributed by atoms with Crippen LogP contribution in [0, 0.1) is 11.6 Å². The van der Waals surface area contributed by atoms with E-state index in [9.17, 15) is 31.9 Å². The zero-order valence-corrected chi connectivity index (χ0v) is 16.1. The summed E-state index contributed by atoms with van der Waals surface area (Å²) in [5.41, 5.74) is -0.893. The normalized spacial score (nSPS) is 12.5. The number of benzene rings is 2. The van der Waals surface area contributed by atoms with Crippen LogP contribution in [0.25, 0.3) is 5.69 Å². The molecule has 164 valence electrons. The van der Waals surface area contributed by atoms with E-state index in [1.165, 1.54) is 12.1 Å². The Balaban J connectivity index is 1.72. The molecule has 1 heterocycles. The second-order valence-electron chi connectivity index (χ2n) is 6.20. The zero-order valence-electron chi connectivity index (χ0n) is 15.3. The van der Waals surface area contributed by atoms with E-state index in [1.807, 2.05) is 0 Å². The van der Waals surface area contributed by atoms with E-state index in [0.717, 1.165) is 30.5 Å². The lowest BCUT2D eigenvalue weighted by Crippen LogP contribution is -2.24. The third-order valence-electron chi connectivity index (χ3n) is 4.04. The van der Waals surface area contributed by atoms with Crippen LogP contribution in [-0.2, 0) is 0 Å². The van der Waals surface area contributed by atoms with E-state index in [4.69, 9.17) is 11.6 Å². The summed E-state index contributed by atoms with van der Waals surface area (Å²) in [6.45, 7) is -0.171. The van der Waals surface area contributed by atoms with Crippen molar-refractivity contribution in [3.63, 3.8) is 0 Å². The lowest BCUT2D eigenvalue weighted by atomic mass is 10.1. The molecule has 0 spiro atoms. The van der Waals surface area contributed by atoms with E-state index in [0.29, 0.717) is 10.7 Å². The van der Waals surface area contributed by atoms with Crippen molar-refractivity contribution in [2.75, 3.05) is 11.9 Å². The number of ether oxygens (including phenoxy) is 1. The number of halogens is 6. The highest BCUT2D eigenvalue weighted by molar-refractivity contribution is 6.32. The molecule has 0 bridgehead atoms. The molecule has 0 aliphatic heterocycles. The lowest BCUT2D eigenvalue weighted by Gasteiger charge is -2.15. The molecule has 2 N–H and O–H groups in total. The van der Waals surface area contributed by atoms with Crippen molar-refractivity contribution in [2.24, 2.45) is 0 Å². The van der Waals surface area contributed by atoms with Gasteiger partial charge in [0.2, 0.25) is 0 Å². The van der Waals surface area contributed by atoms with E-state index in [2.05, 4.69) is 15.2 Å². The van der Waals surface area contributed by atoms with Crippen LogP contribution in [0.3, 0.4) is 0 Å². The minimum Gasteiger partial charge on any atom is -0.406 e. The molecule has 6 nitrogen and oxygen atoms in total. The maximum atomic E-state index is 13.9. The Hall–Kier alpha value is -3.18. The van der Waals surface area contributed by atoms with Gasteiger partial charge in [-0.25, -0.2) is 8.78 Å². The molecule has 31 heavy (non-hydrogen) atoms. The van der Waals surface area contributed by atoms with Crippen molar-refractivity contribution in [1.29, 1.82) is 0 Å². The van der Waals surface area contributed by atoms with Crippen LogP contribution in [0.2, 0.25) is 5.02 Å². The molecule has 0 saturated heterocycles. The van der Waals surface area contributed by atoms with Gasteiger partial charge in [-0.05, 0) is 29.8 Å². The third-order valence-corrected chi connectivity index (χ3v) is 4.41. The highest BCUT2D eigenvalue weighted by atomic mass is 35.5. The average molecular weight is 462 g/mol. The van der Waals surface area contributed by atoms with Crippen molar-refractivity contribution in [3.05, 3.63) is 81.2 Å². The molecule has 12 heteroatoms. The predicted molar refractivity (Wildman–Crippen MR) is 101 cm³/mol. The van der Waals surface area contributed by atoms with Gasteiger partial charge in [-0.15, -0.1) is 13.2 Å². The first kappa shape index (κ1) is 22.5. The summed E-state index contributed by atoms with van der Waals surface area (Å²) in [5, 5.41) is 16.3. The molecule has 3 rings (SSSR count). The fourth-order valence-corrected chi connectivity index (χ4v) is 2.79. The van der Waals surface area contributed by atoms with Crippen LogP contribution < -0.4 is 15.6 Å².